The van der Waals surface area contributed by atoms with Gasteiger partial charge in [-0.25, -0.2) is 4.98 Å². The molecular formula is C33H20N2S. The first kappa shape index (κ1) is 19.8. The monoisotopic (exact) mass is 476 g/mol. The molecule has 2 nitrogen and oxygen atoms in total. The molecule has 5 aromatic carbocycles. The van der Waals surface area contributed by atoms with Gasteiger partial charge in [-0.15, -0.1) is 11.3 Å². The predicted molar refractivity (Wildman–Crippen MR) is 154 cm³/mol. The van der Waals surface area contributed by atoms with Crippen LogP contribution in [0.4, 0.5) is 0 Å². The number of aromatic nitrogens is 2. The SMILES string of the molecule is c1ccc(-c2nc(-n3c4ccccc4c4ccc5c6ccccc6sc5c43)cc3ccccc23)cc1. The molecule has 0 aliphatic carbocycles. The maximum absolute atomic E-state index is 5.34. The summed E-state index contributed by atoms with van der Waals surface area (Å²) in [5, 5.41) is 7.49. The number of para-hydroxylation sites is 1. The molecule has 3 heteroatoms. The number of pyridine rings is 1. The van der Waals surface area contributed by atoms with E-state index in [1.54, 1.807) is 0 Å². The highest BCUT2D eigenvalue weighted by Crippen LogP contribution is 2.43. The number of rotatable bonds is 2. The summed E-state index contributed by atoms with van der Waals surface area (Å²) in [7, 11) is 0. The van der Waals surface area contributed by atoms with Gasteiger partial charge in [-0.2, -0.15) is 0 Å². The number of benzene rings is 5. The van der Waals surface area contributed by atoms with Gasteiger partial charge in [-0.1, -0.05) is 103 Å². The largest absolute Gasteiger partial charge is 0.292 e. The zero-order chi connectivity index (χ0) is 23.6. The number of nitrogens with zero attached hydrogens (tertiary/aromatic N) is 2. The molecule has 0 bridgehead atoms. The Morgan fingerprint density at radius 2 is 1.25 bits per heavy atom. The number of hydrogen-bond donors (Lipinski definition) is 0. The molecule has 36 heavy (non-hydrogen) atoms. The van der Waals surface area contributed by atoms with Gasteiger partial charge in [0.05, 0.1) is 21.4 Å². The van der Waals surface area contributed by atoms with Crippen LogP contribution in [0.2, 0.25) is 0 Å². The summed E-state index contributed by atoms with van der Waals surface area (Å²) in [6.07, 6.45) is 0. The first-order valence-electron chi connectivity index (χ1n) is 12.2. The van der Waals surface area contributed by atoms with Gasteiger partial charge in [0.15, 0.2) is 0 Å². The van der Waals surface area contributed by atoms with Crippen molar-refractivity contribution in [1.82, 2.24) is 9.55 Å². The van der Waals surface area contributed by atoms with Crippen molar-refractivity contribution >= 4 is 64.1 Å². The first-order chi connectivity index (χ1) is 17.9. The minimum atomic E-state index is 0.948. The molecule has 3 heterocycles. The Morgan fingerprint density at radius 1 is 0.556 bits per heavy atom. The molecule has 0 saturated carbocycles. The van der Waals surface area contributed by atoms with Gasteiger partial charge < -0.3 is 0 Å². The smallest absolute Gasteiger partial charge is 0.138 e. The Morgan fingerprint density at radius 3 is 2.14 bits per heavy atom. The Hall–Kier alpha value is -4.47. The fourth-order valence-electron chi connectivity index (χ4n) is 5.58. The summed E-state index contributed by atoms with van der Waals surface area (Å²) in [6, 6.07) is 43.3. The highest BCUT2D eigenvalue weighted by atomic mass is 32.1. The van der Waals surface area contributed by atoms with Gasteiger partial charge in [0.2, 0.25) is 0 Å². The van der Waals surface area contributed by atoms with Crippen molar-refractivity contribution in [3.05, 3.63) is 121 Å². The van der Waals surface area contributed by atoms with E-state index < -0.39 is 0 Å². The maximum Gasteiger partial charge on any atom is 0.138 e. The highest BCUT2D eigenvalue weighted by molar-refractivity contribution is 7.26. The van der Waals surface area contributed by atoms with E-state index in [0.29, 0.717) is 0 Å². The van der Waals surface area contributed by atoms with Crippen molar-refractivity contribution < 1.29 is 0 Å². The summed E-state index contributed by atoms with van der Waals surface area (Å²) >= 11 is 1.87. The fourth-order valence-corrected chi connectivity index (χ4v) is 6.82. The molecule has 8 aromatic rings. The molecule has 0 N–H and O–H groups in total. The second-order valence-corrected chi connectivity index (χ2v) is 10.3. The molecule has 3 aromatic heterocycles. The van der Waals surface area contributed by atoms with Crippen LogP contribution in [0, 0.1) is 0 Å². The Kier molecular flexibility index (Phi) is 4.13. The molecule has 0 aliphatic rings. The van der Waals surface area contributed by atoms with E-state index in [9.17, 15) is 0 Å². The van der Waals surface area contributed by atoms with E-state index >= 15 is 0 Å². The molecular weight excluding hydrogens is 456 g/mol. The molecule has 8 rings (SSSR count). The van der Waals surface area contributed by atoms with Crippen molar-refractivity contribution in [2.75, 3.05) is 0 Å². The molecule has 0 aliphatic heterocycles. The van der Waals surface area contributed by atoms with Gasteiger partial charge >= 0.3 is 0 Å². The lowest BCUT2D eigenvalue weighted by Gasteiger charge is -2.13. The molecule has 0 amide bonds. The molecule has 0 radical (unpaired) electrons. The summed E-state index contributed by atoms with van der Waals surface area (Å²) in [4.78, 5) is 5.34. The zero-order valence-corrected chi connectivity index (χ0v) is 20.2. The number of fused-ring (bicyclic) bond motifs is 8. The number of hydrogen-bond acceptors (Lipinski definition) is 2. The molecule has 0 unspecified atom stereocenters. The normalized spacial score (nSPS) is 11.9. The van der Waals surface area contributed by atoms with Crippen LogP contribution >= 0.6 is 11.3 Å². The van der Waals surface area contributed by atoms with E-state index in [1.165, 1.54) is 52.8 Å². The Balaban J connectivity index is 1.57. The average molecular weight is 477 g/mol. The third kappa shape index (κ3) is 2.75. The third-order valence-corrected chi connectivity index (χ3v) is 8.38. The average Bonchev–Trinajstić information content (AvgIpc) is 3.49. The van der Waals surface area contributed by atoms with Crippen LogP contribution in [0.5, 0.6) is 0 Å². The van der Waals surface area contributed by atoms with E-state index in [0.717, 1.165) is 17.1 Å². The molecule has 0 spiro atoms. The van der Waals surface area contributed by atoms with Gasteiger partial charge in [0.1, 0.15) is 5.82 Å². The molecule has 0 fully saturated rings. The minimum absolute atomic E-state index is 0.948. The summed E-state index contributed by atoms with van der Waals surface area (Å²) in [6.45, 7) is 0. The Bertz CT molecular complexity index is 2100. The molecule has 0 atom stereocenters. The van der Waals surface area contributed by atoms with E-state index in [-0.39, 0.29) is 0 Å². The maximum atomic E-state index is 5.34. The summed E-state index contributed by atoms with van der Waals surface area (Å²) in [5.41, 5.74) is 4.55. The van der Waals surface area contributed by atoms with Crippen LogP contribution in [-0.4, -0.2) is 9.55 Å². The predicted octanol–water partition coefficient (Wildman–Crippen LogP) is 9.37. The van der Waals surface area contributed by atoms with Crippen LogP contribution < -0.4 is 0 Å². The van der Waals surface area contributed by atoms with Crippen LogP contribution in [-0.2, 0) is 0 Å². The van der Waals surface area contributed by atoms with Gasteiger partial charge in [0, 0.05) is 37.2 Å². The van der Waals surface area contributed by atoms with Crippen LogP contribution in [0.15, 0.2) is 121 Å². The van der Waals surface area contributed by atoms with E-state index in [1.807, 2.05) is 11.3 Å². The van der Waals surface area contributed by atoms with Crippen molar-refractivity contribution in [2.24, 2.45) is 0 Å². The van der Waals surface area contributed by atoms with Crippen LogP contribution in [0.3, 0.4) is 0 Å². The highest BCUT2D eigenvalue weighted by Gasteiger charge is 2.19. The molecule has 0 saturated heterocycles. The summed E-state index contributed by atoms with van der Waals surface area (Å²) in [5.74, 6) is 0.948. The first-order valence-corrected chi connectivity index (χ1v) is 13.0. The van der Waals surface area contributed by atoms with Gasteiger partial charge in [-0.05, 0) is 23.6 Å². The van der Waals surface area contributed by atoms with E-state index in [4.69, 9.17) is 4.98 Å². The number of thiophene rings is 1. The van der Waals surface area contributed by atoms with Crippen molar-refractivity contribution in [1.29, 1.82) is 0 Å². The topological polar surface area (TPSA) is 17.8 Å². The van der Waals surface area contributed by atoms with Crippen molar-refractivity contribution in [2.45, 2.75) is 0 Å². The lowest BCUT2D eigenvalue weighted by atomic mass is 10.0. The quantitative estimate of drug-likeness (QED) is 0.243. The van der Waals surface area contributed by atoms with Crippen molar-refractivity contribution in [3.63, 3.8) is 0 Å². The minimum Gasteiger partial charge on any atom is -0.292 e. The fraction of sp³-hybridized carbons (Fsp3) is 0. The van der Waals surface area contributed by atoms with Gasteiger partial charge in [0.25, 0.3) is 0 Å². The second kappa shape index (κ2) is 7.51. The summed E-state index contributed by atoms with van der Waals surface area (Å²) < 4.78 is 5.00. The van der Waals surface area contributed by atoms with E-state index in [2.05, 4.69) is 126 Å². The lowest BCUT2D eigenvalue weighted by Crippen LogP contribution is -2.00. The molecule has 168 valence electrons. The lowest BCUT2D eigenvalue weighted by molar-refractivity contribution is 1.10. The second-order valence-electron chi connectivity index (χ2n) is 9.21. The third-order valence-electron chi connectivity index (χ3n) is 7.18. The zero-order valence-electron chi connectivity index (χ0n) is 19.3. The van der Waals surface area contributed by atoms with Crippen LogP contribution in [0.25, 0.3) is 69.8 Å². The Labute approximate surface area is 211 Å². The van der Waals surface area contributed by atoms with Crippen molar-refractivity contribution in [3.8, 4) is 17.1 Å². The van der Waals surface area contributed by atoms with Crippen LogP contribution in [0.1, 0.15) is 0 Å². The standard InChI is InChI=1S/C33H20N2S/c1-2-10-21(11-3-1)31-23-13-5-4-12-22(23)20-30(34-31)35-28-16-8-6-14-24(28)26-18-19-27-25-15-7-9-17-29(25)36-33(27)32(26)35/h1-20H. The van der Waals surface area contributed by atoms with Gasteiger partial charge in [-0.3, -0.25) is 4.57 Å².